The third-order valence-electron chi connectivity index (χ3n) is 5.53. The van der Waals surface area contributed by atoms with E-state index >= 15 is 0 Å². The Bertz CT molecular complexity index is 1180. The molecule has 0 aliphatic heterocycles. The van der Waals surface area contributed by atoms with Crippen molar-refractivity contribution in [2.75, 3.05) is 18.9 Å². The van der Waals surface area contributed by atoms with E-state index in [1.165, 1.54) is 19.1 Å². The average Bonchev–Trinajstić information content (AvgIpc) is 3.30. The minimum Gasteiger partial charge on any atom is -0.481 e. The summed E-state index contributed by atoms with van der Waals surface area (Å²) < 4.78 is 10.6. The number of nitrogens with one attached hydrogen (secondary N) is 1. The average molecular weight is 517 g/mol. The van der Waals surface area contributed by atoms with Crippen molar-refractivity contribution in [1.29, 1.82) is 0 Å². The Morgan fingerprint density at radius 1 is 1.17 bits per heavy atom. The maximum absolute atomic E-state index is 5.93. The maximum Gasteiger partial charge on any atom is 0.235 e. The number of aromatic nitrogens is 6. The number of methoxy groups -OCH3 is 1. The Balaban J connectivity index is 1.91. The molecule has 1 N–H and O–H groups in total. The van der Waals surface area contributed by atoms with Gasteiger partial charge in [-0.3, -0.25) is 9.29 Å². The van der Waals surface area contributed by atoms with Crippen LogP contribution in [-0.2, 0) is 4.84 Å². The van der Waals surface area contributed by atoms with Gasteiger partial charge in [0.1, 0.15) is 18.6 Å². The molecule has 0 spiro atoms. The van der Waals surface area contributed by atoms with E-state index in [-0.39, 0.29) is 17.2 Å². The fourth-order valence-corrected chi connectivity index (χ4v) is 4.08. The first-order valence-electron chi connectivity index (χ1n) is 10.9. The SMILES string of the molecule is C=C(/C(C)=N\OC)[C@@H](C)n1c(NSC(C)C(C)c2ncc(Cl)cn2)nnc1-c1cccc(OC)n1. The fraction of sp³-hybridized carbons (Fsp3) is 0.391. The van der Waals surface area contributed by atoms with Gasteiger partial charge in [-0.05, 0) is 37.4 Å². The molecule has 3 heterocycles. The molecule has 0 bridgehead atoms. The molecular weight excluding hydrogens is 488 g/mol. The Labute approximate surface area is 214 Å². The molecule has 35 heavy (non-hydrogen) atoms. The fourth-order valence-electron chi connectivity index (χ4n) is 3.22. The number of nitrogens with zero attached hydrogens (tertiary/aromatic N) is 7. The Morgan fingerprint density at radius 2 is 1.89 bits per heavy atom. The second-order valence-corrected chi connectivity index (χ2v) is 9.44. The van der Waals surface area contributed by atoms with Crippen LogP contribution in [0.15, 0.2) is 47.9 Å². The van der Waals surface area contributed by atoms with Gasteiger partial charge in [-0.25, -0.2) is 15.0 Å². The lowest BCUT2D eigenvalue weighted by Crippen LogP contribution is -2.18. The van der Waals surface area contributed by atoms with Crippen molar-refractivity contribution in [3.8, 4) is 17.4 Å². The molecule has 0 radical (unpaired) electrons. The summed E-state index contributed by atoms with van der Waals surface area (Å²) in [5, 5.41) is 13.5. The highest BCUT2D eigenvalue weighted by atomic mass is 35.5. The topological polar surface area (TPSA) is 112 Å². The normalized spacial score (nSPS) is 14.2. The van der Waals surface area contributed by atoms with E-state index in [0.29, 0.717) is 39.9 Å². The largest absolute Gasteiger partial charge is 0.481 e. The van der Waals surface area contributed by atoms with Crippen LogP contribution in [0, 0.1) is 0 Å². The predicted octanol–water partition coefficient (Wildman–Crippen LogP) is 5.18. The maximum atomic E-state index is 5.93. The number of ether oxygens (including phenoxy) is 1. The molecule has 0 aromatic carbocycles. The number of hydrogen-bond donors (Lipinski definition) is 1. The van der Waals surface area contributed by atoms with Gasteiger partial charge in [0.2, 0.25) is 11.8 Å². The van der Waals surface area contributed by atoms with Gasteiger partial charge in [0.05, 0.1) is 23.9 Å². The first-order chi connectivity index (χ1) is 16.8. The molecule has 10 nitrogen and oxygen atoms in total. The number of halogens is 1. The van der Waals surface area contributed by atoms with Crippen molar-refractivity contribution in [1.82, 2.24) is 29.7 Å². The summed E-state index contributed by atoms with van der Waals surface area (Å²) in [5.41, 5.74) is 2.03. The lowest BCUT2D eigenvalue weighted by atomic mass is 10.1. The molecule has 12 heteroatoms. The standard InChI is InChI=1S/C23H29ClN8O2S/c1-13(15(3)30-34-7)16(4)32-22(19-9-8-10-20(27-19)33-6)28-29-23(32)31-35-17(5)14(2)21-25-11-18(24)12-26-21/h8-12,14,16-17H,1H2,2-7H3,(H,29,31)/b30-15-/t14?,16-,17?/m1/s1. The summed E-state index contributed by atoms with van der Waals surface area (Å²) in [6, 6.07) is 5.24. The Hall–Kier alpha value is -3.18. The van der Waals surface area contributed by atoms with Gasteiger partial charge in [0.15, 0.2) is 5.82 Å². The van der Waals surface area contributed by atoms with E-state index in [4.69, 9.17) is 21.2 Å². The summed E-state index contributed by atoms with van der Waals surface area (Å²) in [5.74, 6) is 2.36. The van der Waals surface area contributed by atoms with Crippen molar-refractivity contribution in [3.63, 3.8) is 0 Å². The molecule has 3 atom stereocenters. The van der Waals surface area contributed by atoms with Crippen LogP contribution >= 0.6 is 23.5 Å². The molecule has 3 aromatic heterocycles. The van der Waals surface area contributed by atoms with Gasteiger partial charge in [-0.2, -0.15) is 0 Å². The van der Waals surface area contributed by atoms with E-state index in [9.17, 15) is 0 Å². The minimum atomic E-state index is -0.248. The van der Waals surface area contributed by atoms with Gasteiger partial charge < -0.3 is 9.57 Å². The summed E-state index contributed by atoms with van der Waals surface area (Å²) in [4.78, 5) is 18.2. The van der Waals surface area contributed by atoms with Gasteiger partial charge in [0, 0.05) is 29.6 Å². The van der Waals surface area contributed by atoms with E-state index in [1.807, 2.05) is 30.5 Å². The molecular formula is C23H29ClN8O2S. The Kier molecular flexibility index (Phi) is 9.05. The molecule has 0 amide bonds. The molecule has 0 aliphatic rings. The number of anilines is 1. The molecule has 186 valence electrons. The molecule has 0 aliphatic carbocycles. The summed E-state index contributed by atoms with van der Waals surface area (Å²) >= 11 is 7.43. The van der Waals surface area contributed by atoms with Crippen molar-refractivity contribution < 1.29 is 9.57 Å². The predicted molar refractivity (Wildman–Crippen MR) is 140 cm³/mol. The highest BCUT2D eigenvalue weighted by Gasteiger charge is 2.25. The van der Waals surface area contributed by atoms with Gasteiger partial charge >= 0.3 is 0 Å². The van der Waals surface area contributed by atoms with Crippen molar-refractivity contribution in [2.45, 2.75) is 44.9 Å². The van der Waals surface area contributed by atoms with Crippen LogP contribution < -0.4 is 9.46 Å². The summed E-state index contributed by atoms with van der Waals surface area (Å²) in [6.45, 7) is 12.2. The first-order valence-corrected chi connectivity index (χ1v) is 12.1. The van der Waals surface area contributed by atoms with E-state index in [2.05, 4.69) is 55.5 Å². The van der Waals surface area contributed by atoms with Crippen LogP contribution in [0.25, 0.3) is 11.5 Å². The molecule has 2 unspecified atom stereocenters. The zero-order valence-corrected chi connectivity index (χ0v) is 22.1. The third-order valence-corrected chi connectivity index (χ3v) is 6.81. The van der Waals surface area contributed by atoms with Crippen molar-refractivity contribution in [3.05, 3.63) is 53.6 Å². The molecule has 3 rings (SSSR count). The summed E-state index contributed by atoms with van der Waals surface area (Å²) in [7, 11) is 3.07. The number of hydrogen-bond acceptors (Lipinski definition) is 10. The van der Waals surface area contributed by atoms with E-state index < -0.39 is 0 Å². The van der Waals surface area contributed by atoms with Crippen LogP contribution in [0.4, 0.5) is 5.95 Å². The van der Waals surface area contributed by atoms with Crippen molar-refractivity contribution >= 4 is 35.2 Å². The number of allylic oxidation sites excluding steroid dienone is 1. The Morgan fingerprint density at radius 3 is 2.54 bits per heavy atom. The molecule has 3 aromatic rings. The van der Waals surface area contributed by atoms with E-state index in [1.54, 1.807) is 25.6 Å². The molecule has 0 saturated carbocycles. The van der Waals surface area contributed by atoms with Crippen LogP contribution in [0.1, 0.15) is 45.5 Å². The number of rotatable bonds is 11. The van der Waals surface area contributed by atoms with Crippen molar-refractivity contribution in [2.24, 2.45) is 5.16 Å². The molecule has 0 saturated heterocycles. The summed E-state index contributed by atoms with van der Waals surface area (Å²) in [6.07, 6.45) is 3.21. The highest BCUT2D eigenvalue weighted by molar-refractivity contribution is 8.01. The van der Waals surface area contributed by atoms with Gasteiger partial charge in [0.25, 0.3) is 0 Å². The lowest BCUT2D eigenvalue weighted by molar-refractivity contribution is 0.213. The zero-order valence-electron chi connectivity index (χ0n) is 20.6. The van der Waals surface area contributed by atoms with Gasteiger partial charge in [-0.15, -0.1) is 10.2 Å². The first kappa shape index (κ1) is 26.4. The van der Waals surface area contributed by atoms with Crippen LogP contribution in [0.2, 0.25) is 5.02 Å². The lowest BCUT2D eigenvalue weighted by Gasteiger charge is -2.22. The highest BCUT2D eigenvalue weighted by Crippen LogP contribution is 2.32. The van der Waals surface area contributed by atoms with E-state index in [0.717, 1.165) is 5.57 Å². The second kappa shape index (κ2) is 12.0. The number of pyridine rings is 1. The number of oxime groups is 1. The third kappa shape index (κ3) is 6.29. The smallest absolute Gasteiger partial charge is 0.235 e. The molecule has 0 fully saturated rings. The van der Waals surface area contributed by atoms with Crippen LogP contribution in [-0.4, -0.2) is 54.9 Å². The monoisotopic (exact) mass is 516 g/mol. The van der Waals surface area contributed by atoms with Crippen LogP contribution in [0.5, 0.6) is 5.88 Å². The quantitative estimate of drug-likeness (QED) is 0.209. The zero-order chi connectivity index (χ0) is 25.5. The minimum absolute atomic E-state index is 0.0594. The van der Waals surface area contributed by atoms with Gasteiger partial charge in [-0.1, -0.05) is 43.2 Å². The van der Waals surface area contributed by atoms with Crippen LogP contribution in [0.3, 0.4) is 0 Å². The second-order valence-electron chi connectivity index (χ2n) is 7.82.